The second-order valence-electron chi connectivity index (χ2n) is 8.40. The van der Waals surface area contributed by atoms with E-state index in [0.29, 0.717) is 31.2 Å². The highest BCUT2D eigenvalue weighted by Gasteiger charge is 2.32. The summed E-state index contributed by atoms with van der Waals surface area (Å²) in [5, 5.41) is 0. The minimum Gasteiger partial charge on any atom is -0.307 e. The van der Waals surface area contributed by atoms with Gasteiger partial charge in [-0.2, -0.15) is 0 Å². The van der Waals surface area contributed by atoms with E-state index in [-0.39, 0.29) is 23.5 Å². The average Bonchev–Trinajstić information content (AvgIpc) is 2.75. The normalized spacial score (nSPS) is 18.3. The summed E-state index contributed by atoms with van der Waals surface area (Å²) in [7, 11) is -3.44. The zero-order valence-corrected chi connectivity index (χ0v) is 19.0. The van der Waals surface area contributed by atoms with Crippen molar-refractivity contribution in [3.8, 4) is 11.1 Å². The molecule has 2 heterocycles. The molecule has 0 bridgehead atoms. The van der Waals surface area contributed by atoms with Crippen LogP contribution in [0.1, 0.15) is 36.2 Å². The summed E-state index contributed by atoms with van der Waals surface area (Å²) in [6.45, 7) is 1.94. The second kappa shape index (κ2) is 9.00. The van der Waals surface area contributed by atoms with Gasteiger partial charge in [0, 0.05) is 17.3 Å². The quantitative estimate of drug-likeness (QED) is 0.615. The van der Waals surface area contributed by atoms with Crippen LogP contribution < -0.4 is 10.3 Å². The maximum Gasteiger partial charge on any atom is 0.254 e. The number of hydrogen-bond acceptors (Lipinski definition) is 3. The van der Waals surface area contributed by atoms with Crippen LogP contribution >= 0.6 is 0 Å². The van der Waals surface area contributed by atoms with Crippen LogP contribution in [0.2, 0.25) is 0 Å². The summed E-state index contributed by atoms with van der Waals surface area (Å²) >= 11 is 0. The van der Waals surface area contributed by atoms with Gasteiger partial charge in [0.2, 0.25) is 10.0 Å². The number of fused-ring (bicyclic) bond motifs is 1. The van der Waals surface area contributed by atoms with Crippen LogP contribution in [-0.2, 0) is 29.3 Å². The maximum absolute atomic E-state index is 13.7. The monoisotopic (exact) mass is 454 g/mol. The smallest absolute Gasteiger partial charge is 0.254 e. The number of pyridine rings is 1. The third-order valence-electron chi connectivity index (χ3n) is 6.06. The highest BCUT2D eigenvalue weighted by Crippen LogP contribution is 2.29. The number of aryl methyl sites for hydroxylation is 2. The Bertz CT molecular complexity index is 1300. The molecule has 3 aromatic rings. The van der Waals surface area contributed by atoms with Gasteiger partial charge in [0.1, 0.15) is 5.82 Å². The van der Waals surface area contributed by atoms with E-state index in [1.54, 1.807) is 10.6 Å². The van der Waals surface area contributed by atoms with Crippen molar-refractivity contribution in [1.82, 2.24) is 9.29 Å². The van der Waals surface area contributed by atoms with Crippen molar-refractivity contribution in [1.29, 1.82) is 0 Å². The molecule has 1 N–H and O–H groups in total. The molecule has 0 saturated carbocycles. The first-order chi connectivity index (χ1) is 15.2. The molecule has 2 aromatic carbocycles. The minimum absolute atomic E-state index is 0.0590. The van der Waals surface area contributed by atoms with Crippen LogP contribution in [0.4, 0.5) is 4.39 Å². The first kappa shape index (κ1) is 22.4. The molecule has 0 radical (unpaired) electrons. The number of halogens is 1. The van der Waals surface area contributed by atoms with E-state index in [4.69, 9.17) is 0 Å². The summed E-state index contributed by atoms with van der Waals surface area (Å²) < 4.78 is 42.4. The van der Waals surface area contributed by atoms with Crippen molar-refractivity contribution < 1.29 is 12.8 Å². The molecule has 0 fully saturated rings. The standard InChI is InChI=1S/C25H27FN2O3S/c1-3-18-10-11-22-12-13-23(27-32(2,30)31)24(28(22)25(18)29)15-17-6-4-7-19(14-17)20-8-5-9-21(26)16-20/h4-11,14,16,23-24,27H,3,12-13,15H2,1-2H3. The van der Waals surface area contributed by atoms with E-state index in [0.717, 1.165) is 28.6 Å². The van der Waals surface area contributed by atoms with E-state index >= 15 is 0 Å². The van der Waals surface area contributed by atoms with E-state index in [2.05, 4.69) is 4.72 Å². The predicted octanol–water partition coefficient (Wildman–Crippen LogP) is 3.86. The largest absolute Gasteiger partial charge is 0.307 e. The van der Waals surface area contributed by atoms with E-state index in [1.165, 1.54) is 12.1 Å². The zero-order valence-electron chi connectivity index (χ0n) is 18.2. The number of hydrogen-bond donors (Lipinski definition) is 1. The van der Waals surface area contributed by atoms with Crippen LogP contribution in [0, 0.1) is 5.82 Å². The molecule has 0 saturated heterocycles. The molecule has 0 spiro atoms. The van der Waals surface area contributed by atoms with Crippen LogP contribution in [0.3, 0.4) is 0 Å². The Labute approximate surface area is 188 Å². The van der Waals surface area contributed by atoms with Crippen molar-refractivity contribution in [2.75, 3.05) is 6.26 Å². The molecule has 0 amide bonds. The Morgan fingerprint density at radius 3 is 2.47 bits per heavy atom. The molecule has 2 unspecified atom stereocenters. The van der Waals surface area contributed by atoms with Gasteiger partial charge in [-0.05, 0) is 60.6 Å². The fourth-order valence-electron chi connectivity index (χ4n) is 4.58. The predicted molar refractivity (Wildman–Crippen MR) is 125 cm³/mol. The number of rotatable bonds is 6. The first-order valence-electron chi connectivity index (χ1n) is 10.8. The summed E-state index contributed by atoms with van der Waals surface area (Å²) in [6.07, 6.45) is 3.50. The van der Waals surface area contributed by atoms with Crippen molar-refractivity contribution >= 4 is 10.0 Å². The number of sulfonamides is 1. The molecule has 0 aliphatic carbocycles. The van der Waals surface area contributed by atoms with Crippen LogP contribution in [0.15, 0.2) is 65.5 Å². The van der Waals surface area contributed by atoms with Crippen molar-refractivity contribution in [3.05, 3.63) is 93.7 Å². The molecule has 4 rings (SSSR count). The highest BCUT2D eigenvalue weighted by atomic mass is 32.2. The fourth-order valence-corrected chi connectivity index (χ4v) is 5.40. The lowest BCUT2D eigenvalue weighted by Gasteiger charge is -2.36. The third kappa shape index (κ3) is 4.84. The molecule has 5 nitrogen and oxygen atoms in total. The Morgan fingerprint density at radius 1 is 1.06 bits per heavy atom. The van der Waals surface area contributed by atoms with Crippen molar-refractivity contribution in [2.24, 2.45) is 0 Å². The zero-order chi connectivity index (χ0) is 22.9. The summed E-state index contributed by atoms with van der Waals surface area (Å²) in [5.74, 6) is -0.301. The number of nitrogens with zero attached hydrogens (tertiary/aromatic N) is 1. The molecular formula is C25H27FN2O3S. The maximum atomic E-state index is 13.7. The van der Waals surface area contributed by atoms with Crippen molar-refractivity contribution in [3.63, 3.8) is 0 Å². The lowest BCUT2D eigenvalue weighted by Crippen LogP contribution is -2.48. The lowest BCUT2D eigenvalue weighted by atomic mass is 9.90. The molecule has 168 valence electrons. The van der Waals surface area contributed by atoms with Crippen LogP contribution in [0.5, 0.6) is 0 Å². The van der Waals surface area contributed by atoms with Crippen LogP contribution in [-0.4, -0.2) is 25.3 Å². The Kier molecular flexibility index (Phi) is 6.31. The Morgan fingerprint density at radius 2 is 1.78 bits per heavy atom. The molecule has 32 heavy (non-hydrogen) atoms. The van der Waals surface area contributed by atoms with Gasteiger partial charge < -0.3 is 4.57 Å². The van der Waals surface area contributed by atoms with Gasteiger partial charge in [-0.15, -0.1) is 0 Å². The van der Waals surface area contributed by atoms with Gasteiger partial charge in [0.15, 0.2) is 0 Å². The van der Waals surface area contributed by atoms with Gasteiger partial charge in [0.05, 0.1) is 12.3 Å². The molecule has 1 aliphatic rings. The first-order valence-corrected chi connectivity index (χ1v) is 12.7. The lowest BCUT2D eigenvalue weighted by molar-refractivity contribution is 0.314. The molecule has 1 aliphatic heterocycles. The van der Waals surface area contributed by atoms with E-state index in [9.17, 15) is 17.6 Å². The summed E-state index contributed by atoms with van der Waals surface area (Å²) in [4.78, 5) is 13.2. The van der Waals surface area contributed by atoms with Gasteiger partial charge in [-0.1, -0.05) is 49.4 Å². The molecular weight excluding hydrogens is 427 g/mol. The average molecular weight is 455 g/mol. The fraction of sp³-hybridized carbons (Fsp3) is 0.320. The van der Waals surface area contributed by atoms with Gasteiger partial charge in [0.25, 0.3) is 5.56 Å². The SMILES string of the molecule is CCc1ccc2n(c1=O)C(Cc1cccc(-c3cccc(F)c3)c1)C(NS(C)(=O)=O)CC2. The Balaban J connectivity index is 1.76. The minimum atomic E-state index is -3.44. The van der Waals surface area contributed by atoms with Crippen LogP contribution in [0.25, 0.3) is 11.1 Å². The number of benzene rings is 2. The van der Waals surface area contributed by atoms with Gasteiger partial charge >= 0.3 is 0 Å². The van der Waals surface area contributed by atoms with Crippen molar-refractivity contribution in [2.45, 2.75) is 44.7 Å². The summed E-state index contributed by atoms with van der Waals surface area (Å²) in [6, 6.07) is 17.3. The second-order valence-corrected chi connectivity index (χ2v) is 10.2. The molecule has 2 atom stereocenters. The summed E-state index contributed by atoms with van der Waals surface area (Å²) in [5.41, 5.74) is 4.18. The van der Waals surface area contributed by atoms with Gasteiger partial charge in [-0.3, -0.25) is 4.79 Å². The van der Waals surface area contributed by atoms with Gasteiger partial charge in [-0.25, -0.2) is 17.5 Å². The van der Waals surface area contributed by atoms with E-state index < -0.39 is 10.0 Å². The third-order valence-corrected chi connectivity index (χ3v) is 6.79. The van der Waals surface area contributed by atoms with E-state index in [1.807, 2.05) is 49.4 Å². The molecule has 1 aromatic heterocycles. The number of nitrogens with one attached hydrogen (secondary N) is 1. The topological polar surface area (TPSA) is 68.2 Å². The molecule has 7 heteroatoms. The highest BCUT2D eigenvalue weighted by molar-refractivity contribution is 7.88. The Hall–Kier alpha value is -2.77. The number of aromatic nitrogens is 1.